The van der Waals surface area contributed by atoms with Crippen molar-refractivity contribution in [3.05, 3.63) is 10.6 Å². The summed E-state index contributed by atoms with van der Waals surface area (Å²) < 4.78 is 5.49. The molecule has 0 spiro atoms. The number of nitrogens with zero attached hydrogens (tertiary/aromatic N) is 2. The molecule has 1 heterocycles. The van der Waals surface area contributed by atoms with Gasteiger partial charge in [-0.15, -0.1) is 12.1 Å². The molecule has 0 aromatic heterocycles. The van der Waals surface area contributed by atoms with Crippen LogP contribution in [0, 0.1) is 0 Å². The van der Waals surface area contributed by atoms with Crippen molar-refractivity contribution in [2.45, 2.75) is 70.1 Å². The van der Waals surface area contributed by atoms with E-state index in [1.165, 1.54) is 0 Å². The van der Waals surface area contributed by atoms with E-state index in [0.29, 0.717) is 32.2 Å². The minimum absolute atomic E-state index is 0.0142. The van der Waals surface area contributed by atoms with Gasteiger partial charge in [-0.25, -0.2) is 0 Å². The van der Waals surface area contributed by atoms with E-state index in [1.807, 2.05) is 13.8 Å². The van der Waals surface area contributed by atoms with E-state index < -0.39 is 12.3 Å². The zero-order valence-corrected chi connectivity index (χ0v) is 15.0. The van der Waals surface area contributed by atoms with Crippen LogP contribution in [0.5, 0.6) is 0 Å². The van der Waals surface area contributed by atoms with E-state index in [0.717, 1.165) is 0 Å². The van der Waals surface area contributed by atoms with Crippen LogP contribution in [-0.4, -0.2) is 68.1 Å². The Bertz CT molecular complexity index is 408. The second-order valence-corrected chi connectivity index (χ2v) is 6.33. The predicted octanol–water partition coefficient (Wildman–Crippen LogP) is 0.649. The van der Waals surface area contributed by atoms with E-state index in [-0.39, 0.29) is 30.0 Å². The molecule has 1 aliphatic rings. The number of carbonyl (C=O) groups excluding carboxylic acids is 2. The molecule has 8 heteroatoms. The molecule has 8 nitrogen and oxygen atoms in total. The number of hydrogen-bond acceptors (Lipinski definition) is 4. The van der Waals surface area contributed by atoms with Crippen molar-refractivity contribution < 1.29 is 19.4 Å². The SMILES string of the molecule is C[N-]C(C)CC(=O)NCC1CCC(NC(=O)CC(C)[N-]C)C(O)O1. The second kappa shape index (κ2) is 10.6. The summed E-state index contributed by atoms with van der Waals surface area (Å²) in [6.45, 7) is 4.08. The average Bonchev–Trinajstić information content (AvgIpc) is 2.54. The number of amides is 2. The van der Waals surface area contributed by atoms with Crippen LogP contribution in [0.3, 0.4) is 0 Å². The molecule has 140 valence electrons. The third-order valence-electron chi connectivity index (χ3n) is 4.19. The summed E-state index contributed by atoms with van der Waals surface area (Å²) in [6.07, 6.45) is 0.569. The molecule has 5 unspecified atom stereocenters. The van der Waals surface area contributed by atoms with E-state index in [4.69, 9.17) is 4.74 Å². The molecular formula is C16H30N4O4-2. The highest BCUT2D eigenvalue weighted by Crippen LogP contribution is 2.18. The Morgan fingerprint density at radius 3 is 2.25 bits per heavy atom. The van der Waals surface area contributed by atoms with Crippen molar-refractivity contribution in [1.82, 2.24) is 10.6 Å². The summed E-state index contributed by atoms with van der Waals surface area (Å²) >= 11 is 0. The number of rotatable bonds is 9. The largest absolute Gasteiger partial charge is 0.662 e. The Kier molecular flexibility index (Phi) is 9.20. The fourth-order valence-electron chi connectivity index (χ4n) is 2.45. The zero-order chi connectivity index (χ0) is 18.1. The van der Waals surface area contributed by atoms with Gasteiger partial charge in [-0.05, 0) is 12.8 Å². The molecule has 24 heavy (non-hydrogen) atoms. The Hall–Kier alpha value is -1.22. The summed E-state index contributed by atoms with van der Waals surface area (Å²) in [6, 6.07) is -0.487. The highest BCUT2D eigenvalue weighted by Gasteiger charge is 2.30. The highest BCUT2D eigenvalue weighted by molar-refractivity contribution is 5.77. The normalized spacial score (nSPS) is 26.5. The molecule has 1 aliphatic heterocycles. The van der Waals surface area contributed by atoms with E-state index in [2.05, 4.69) is 21.3 Å². The number of ether oxygens (including phenoxy) is 1. The highest BCUT2D eigenvalue weighted by atomic mass is 16.6. The third-order valence-corrected chi connectivity index (χ3v) is 4.19. The van der Waals surface area contributed by atoms with Crippen molar-refractivity contribution in [3.8, 4) is 0 Å². The standard InChI is InChI=1S/C16H30N4O4/c1-10(17-3)7-14(21)19-9-12-5-6-13(16(23)24-12)20-15(22)8-11(2)18-4/h10-13,16,23H,5-9H2,1-4H3,(H,19,21)(H,20,22)/q-2. The first-order valence-electron chi connectivity index (χ1n) is 8.43. The molecule has 2 amide bonds. The van der Waals surface area contributed by atoms with Crippen LogP contribution in [-0.2, 0) is 14.3 Å². The lowest BCUT2D eigenvalue weighted by Gasteiger charge is -2.34. The Morgan fingerprint density at radius 1 is 1.12 bits per heavy atom. The van der Waals surface area contributed by atoms with Gasteiger partial charge in [0.2, 0.25) is 11.8 Å². The fraction of sp³-hybridized carbons (Fsp3) is 0.875. The Morgan fingerprint density at radius 2 is 1.71 bits per heavy atom. The van der Waals surface area contributed by atoms with Gasteiger partial charge in [-0.1, -0.05) is 13.8 Å². The van der Waals surface area contributed by atoms with Gasteiger partial charge in [0, 0.05) is 19.4 Å². The maximum absolute atomic E-state index is 11.9. The molecule has 0 radical (unpaired) electrons. The number of aliphatic hydroxyl groups is 1. The van der Waals surface area contributed by atoms with Gasteiger partial charge in [0.25, 0.3) is 0 Å². The molecule has 1 rings (SSSR count). The van der Waals surface area contributed by atoms with Gasteiger partial charge < -0.3 is 31.1 Å². The zero-order valence-electron chi connectivity index (χ0n) is 15.0. The van der Waals surface area contributed by atoms with Crippen molar-refractivity contribution in [3.63, 3.8) is 0 Å². The molecule has 0 aromatic rings. The van der Waals surface area contributed by atoms with Crippen molar-refractivity contribution in [2.75, 3.05) is 20.6 Å². The monoisotopic (exact) mass is 342 g/mol. The molecule has 0 aromatic carbocycles. The maximum atomic E-state index is 11.9. The van der Waals surface area contributed by atoms with Crippen LogP contribution >= 0.6 is 0 Å². The van der Waals surface area contributed by atoms with E-state index in [1.54, 1.807) is 14.1 Å². The molecule has 0 aliphatic carbocycles. The summed E-state index contributed by atoms with van der Waals surface area (Å²) in [5.74, 6) is -0.233. The number of nitrogens with one attached hydrogen (secondary N) is 2. The predicted molar refractivity (Wildman–Crippen MR) is 91.8 cm³/mol. The van der Waals surface area contributed by atoms with Crippen molar-refractivity contribution in [1.29, 1.82) is 0 Å². The van der Waals surface area contributed by atoms with Crippen LogP contribution < -0.4 is 10.6 Å². The first-order valence-corrected chi connectivity index (χ1v) is 8.43. The summed E-state index contributed by atoms with van der Waals surface area (Å²) in [5, 5.41) is 23.7. The van der Waals surface area contributed by atoms with Gasteiger partial charge >= 0.3 is 0 Å². The molecule has 1 saturated heterocycles. The second-order valence-electron chi connectivity index (χ2n) is 6.33. The van der Waals surface area contributed by atoms with Gasteiger partial charge in [0.1, 0.15) is 0 Å². The van der Waals surface area contributed by atoms with Gasteiger partial charge in [0.05, 0.1) is 12.1 Å². The lowest BCUT2D eigenvalue weighted by atomic mass is 10.0. The maximum Gasteiger partial charge on any atom is 0.218 e. The molecule has 1 fully saturated rings. The lowest BCUT2D eigenvalue weighted by molar-refractivity contribution is -0.179. The number of carbonyl (C=O) groups is 2. The molecule has 3 N–H and O–H groups in total. The summed E-state index contributed by atoms with van der Waals surface area (Å²) in [7, 11) is 3.35. The minimum Gasteiger partial charge on any atom is -0.662 e. The smallest absolute Gasteiger partial charge is 0.218 e. The minimum atomic E-state index is -1.07. The molecular weight excluding hydrogens is 312 g/mol. The van der Waals surface area contributed by atoms with Gasteiger partial charge in [-0.3, -0.25) is 9.59 Å². The first kappa shape index (κ1) is 20.8. The van der Waals surface area contributed by atoms with Crippen LogP contribution in [0.4, 0.5) is 0 Å². The topological polar surface area (TPSA) is 116 Å². The van der Waals surface area contributed by atoms with Gasteiger partial charge in [-0.2, -0.15) is 14.1 Å². The first-order chi connectivity index (χ1) is 11.3. The third kappa shape index (κ3) is 7.57. The average molecular weight is 342 g/mol. The van der Waals surface area contributed by atoms with Crippen molar-refractivity contribution >= 4 is 11.8 Å². The van der Waals surface area contributed by atoms with Crippen LogP contribution in [0.1, 0.15) is 39.5 Å². The van der Waals surface area contributed by atoms with Crippen LogP contribution in [0.25, 0.3) is 10.6 Å². The Labute approximate surface area is 144 Å². The fourth-order valence-corrected chi connectivity index (χ4v) is 2.45. The van der Waals surface area contributed by atoms with E-state index in [9.17, 15) is 14.7 Å². The van der Waals surface area contributed by atoms with Gasteiger partial charge in [0.15, 0.2) is 6.29 Å². The van der Waals surface area contributed by atoms with E-state index >= 15 is 0 Å². The number of aliphatic hydroxyl groups excluding tert-OH is 1. The molecule has 0 bridgehead atoms. The quantitative estimate of drug-likeness (QED) is 0.570. The summed E-state index contributed by atoms with van der Waals surface area (Å²) in [4.78, 5) is 23.6. The van der Waals surface area contributed by atoms with Crippen molar-refractivity contribution in [2.24, 2.45) is 0 Å². The van der Waals surface area contributed by atoms with Crippen LogP contribution in [0.2, 0.25) is 0 Å². The summed E-state index contributed by atoms with van der Waals surface area (Å²) in [5.41, 5.74) is 0. The van der Waals surface area contributed by atoms with Crippen LogP contribution in [0.15, 0.2) is 0 Å². The lowest BCUT2D eigenvalue weighted by Crippen LogP contribution is -2.51. The molecule has 0 saturated carbocycles. The Balaban J connectivity index is 2.30. The number of hydrogen-bond donors (Lipinski definition) is 3. The molecule has 5 atom stereocenters.